The van der Waals surface area contributed by atoms with Crippen LogP contribution in [0.15, 0.2) is 23.2 Å². The standard InChI is InChI=1S/C7H4FNO2/c8-5-1-2-6(9-4-10)7(11)3-5/h1-3,11H. The number of carbonyl (C=O) groups excluding carboxylic acids is 1. The van der Waals surface area contributed by atoms with Crippen LogP contribution < -0.4 is 0 Å². The van der Waals surface area contributed by atoms with E-state index < -0.39 is 5.82 Å². The Labute approximate surface area is 61.8 Å². The van der Waals surface area contributed by atoms with Gasteiger partial charge in [-0.25, -0.2) is 9.18 Å². The minimum absolute atomic E-state index is 0.0152. The van der Waals surface area contributed by atoms with Crippen LogP contribution in [0.3, 0.4) is 0 Å². The van der Waals surface area contributed by atoms with Crippen LogP contribution >= 0.6 is 0 Å². The fourth-order valence-electron chi connectivity index (χ4n) is 0.640. The first kappa shape index (κ1) is 7.44. The van der Waals surface area contributed by atoms with Crippen molar-refractivity contribution in [3.63, 3.8) is 0 Å². The van der Waals surface area contributed by atoms with Gasteiger partial charge in [-0.15, -0.1) is 0 Å². The fraction of sp³-hybridized carbons (Fsp3) is 0. The predicted molar refractivity (Wildman–Crippen MR) is 35.8 cm³/mol. The monoisotopic (exact) mass is 153 g/mol. The summed E-state index contributed by atoms with van der Waals surface area (Å²) in [5.41, 5.74) is 0.0152. The van der Waals surface area contributed by atoms with Gasteiger partial charge in [0.05, 0.1) is 0 Å². The zero-order valence-corrected chi connectivity index (χ0v) is 5.41. The number of hydrogen-bond acceptors (Lipinski definition) is 3. The van der Waals surface area contributed by atoms with E-state index >= 15 is 0 Å². The largest absolute Gasteiger partial charge is 0.506 e. The van der Waals surface area contributed by atoms with E-state index in [1.807, 2.05) is 0 Å². The van der Waals surface area contributed by atoms with Crippen molar-refractivity contribution in [2.24, 2.45) is 4.99 Å². The van der Waals surface area contributed by atoms with Crippen LogP contribution in [0.5, 0.6) is 5.75 Å². The van der Waals surface area contributed by atoms with E-state index in [4.69, 9.17) is 5.11 Å². The van der Waals surface area contributed by atoms with Crippen LogP contribution in [-0.4, -0.2) is 11.2 Å². The highest BCUT2D eigenvalue weighted by atomic mass is 19.1. The van der Waals surface area contributed by atoms with Gasteiger partial charge in [0.25, 0.3) is 0 Å². The van der Waals surface area contributed by atoms with Crippen LogP contribution in [0.4, 0.5) is 10.1 Å². The molecule has 0 amide bonds. The zero-order chi connectivity index (χ0) is 8.27. The smallest absolute Gasteiger partial charge is 0.240 e. The Morgan fingerprint density at radius 1 is 1.55 bits per heavy atom. The molecule has 0 saturated carbocycles. The summed E-state index contributed by atoms with van der Waals surface area (Å²) in [4.78, 5) is 12.8. The first-order valence-corrected chi connectivity index (χ1v) is 2.80. The highest BCUT2D eigenvalue weighted by molar-refractivity contribution is 5.56. The number of benzene rings is 1. The molecule has 0 radical (unpaired) electrons. The Balaban J connectivity index is 3.19. The third-order valence-electron chi connectivity index (χ3n) is 1.10. The number of phenolic OH excluding ortho intramolecular Hbond substituents is 1. The second kappa shape index (κ2) is 2.94. The highest BCUT2D eigenvalue weighted by Gasteiger charge is 1.99. The van der Waals surface area contributed by atoms with Crippen LogP contribution in [0.2, 0.25) is 0 Å². The molecule has 0 aliphatic carbocycles. The molecule has 0 heterocycles. The molecule has 11 heavy (non-hydrogen) atoms. The normalized spacial score (nSPS) is 8.82. The first-order valence-electron chi connectivity index (χ1n) is 2.80. The molecule has 1 aromatic rings. The summed E-state index contributed by atoms with van der Waals surface area (Å²) >= 11 is 0. The van der Waals surface area contributed by atoms with Gasteiger partial charge in [0.15, 0.2) is 0 Å². The van der Waals surface area contributed by atoms with Crippen LogP contribution in [0.25, 0.3) is 0 Å². The molecule has 0 spiro atoms. The van der Waals surface area contributed by atoms with E-state index in [1.165, 1.54) is 12.1 Å². The van der Waals surface area contributed by atoms with E-state index in [2.05, 4.69) is 4.99 Å². The van der Waals surface area contributed by atoms with Crippen molar-refractivity contribution in [2.75, 3.05) is 0 Å². The number of nitrogens with zero attached hydrogens (tertiary/aromatic N) is 1. The lowest BCUT2D eigenvalue weighted by Gasteiger charge is -1.94. The van der Waals surface area contributed by atoms with Crippen LogP contribution in [-0.2, 0) is 4.79 Å². The number of phenols is 1. The Kier molecular flexibility index (Phi) is 1.99. The summed E-state index contributed by atoms with van der Waals surface area (Å²) < 4.78 is 12.3. The molecule has 0 fully saturated rings. The molecule has 0 aliphatic heterocycles. The van der Waals surface area contributed by atoms with Crippen molar-refractivity contribution in [1.82, 2.24) is 0 Å². The third kappa shape index (κ3) is 1.63. The maximum atomic E-state index is 12.3. The van der Waals surface area contributed by atoms with Gasteiger partial charge in [0, 0.05) is 6.07 Å². The lowest BCUT2D eigenvalue weighted by molar-refractivity contribution is 0.470. The zero-order valence-electron chi connectivity index (χ0n) is 5.41. The molecule has 0 bridgehead atoms. The average molecular weight is 153 g/mol. The maximum absolute atomic E-state index is 12.3. The fourth-order valence-corrected chi connectivity index (χ4v) is 0.640. The van der Waals surface area contributed by atoms with Gasteiger partial charge in [-0.3, -0.25) is 0 Å². The molecular formula is C7H4FNO2. The molecule has 1 N–H and O–H groups in total. The summed E-state index contributed by atoms with van der Waals surface area (Å²) in [6.07, 6.45) is 1.24. The molecule has 0 aromatic heterocycles. The van der Waals surface area contributed by atoms with Gasteiger partial charge >= 0.3 is 0 Å². The summed E-state index contributed by atoms with van der Waals surface area (Å²) in [5, 5.41) is 8.91. The number of isocyanates is 1. The first-order chi connectivity index (χ1) is 5.24. The van der Waals surface area contributed by atoms with E-state index in [-0.39, 0.29) is 11.4 Å². The third-order valence-corrected chi connectivity index (χ3v) is 1.10. The van der Waals surface area contributed by atoms with Gasteiger partial charge in [-0.2, -0.15) is 4.99 Å². The van der Waals surface area contributed by atoms with E-state index in [0.29, 0.717) is 0 Å². The second-order valence-corrected chi connectivity index (χ2v) is 1.84. The summed E-state index contributed by atoms with van der Waals surface area (Å²) in [5.74, 6) is -0.944. The highest BCUT2D eigenvalue weighted by Crippen LogP contribution is 2.25. The molecule has 0 aliphatic rings. The number of halogens is 1. The molecule has 4 heteroatoms. The summed E-state index contributed by atoms with van der Waals surface area (Å²) in [6, 6.07) is 3.15. The van der Waals surface area contributed by atoms with Crippen molar-refractivity contribution >= 4 is 11.8 Å². The van der Waals surface area contributed by atoms with Crippen molar-refractivity contribution in [1.29, 1.82) is 0 Å². The maximum Gasteiger partial charge on any atom is 0.240 e. The van der Waals surface area contributed by atoms with Crippen molar-refractivity contribution in [3.8, 4) is 5.75 Å². The van der Waals surface area contributed by atoms with E-state index in [9.17, 15) is 9.18 Å². The van der Waals surface area contributed by atoms with Crippen molar-refractivity contribution in [2.45, 2.75) is 0 Å². The lowest BCUT2D eigenvalue weighted by Crippen LogP contribution is -1.72. The molecule has 1 rings (SSSR count). The van der Waals surface area contributed by atoms with E-state index in [1.54, 1.807) is 0 Å². The van der Waals surface area contributed by atoms with Crippen molar-refractivity contribution in [3.05, 3.63) is 24.0 Å². The molecule has 1 aromatic carbocycles. The molecule has 0 saturated heterocycles. The van der Waals surface area contributed by atoms with Gasteiger partial charge in [0.1, 0.15) is 17.3 Å². The quantitative estimate of drug-likeness (QED) is 0.491. The Morgan fingerprint density at radius 2 is 2.27 bits per heavy atom. The van der Waals surface area contributed by atoms with Crippen molar-refractivity contribution < 1.29 is 14.3 Å². The lowest BCUT2D eigenvalue weighted by atomic mass is 10.3. The van der Waals surface area contributed by atoms with Gasteiger partial charge in [0.2, 0.25) is 6.08 Å². The topological polar surface area (TPSA) is 49.7 Å². The number of hydrogen-bond donors (Lipinski definition) is 1. The second-order valence-electron chi connectivity index (χ2n) is 1.84. The summed E-state index contributed by atoms with van der Waals surface area (Å²) in [6.45, 7) is 0. The Bertz CT molecular complexity index is 318. The molecule has 0 atom stereocenters. The van der Waals surface area contributed by atoms with E-state index in [0.717, 1.165) is 12.1 Å². The van der Waals surface area contributed by atoms with Gasteiger partial charge in [-0.05, 0) is 12.1 Å². The minimum atomic E-state index is -0.577. The minimum Gasteiger partial charge on any atom is -0.506 e. The predicted octanol–water partition coefficient (Wildman–Crippen LogP) is 1.50. The van der Waals surface area contributed by atoms with Crippen LogP contribution in [0, 0.1) is 5.82 Å². The van der Waals surface area contributed by atoms with Gasteiger partial charge < -0.3 is 5.11 Å². The molecule has 3 nitrogen and oxygen atoms in total. The molecular weight excluding hydrogens is 149 g/mol. The number of aromatic hydroxyl groups is 1. The Hall–Kier alpha value is -1.67. The number of aliphatic imine (C=N–C) groups is 1. The molecule has 0 unspecified atom stereocenters. The summed E-state index contributed by atoms with van der Waals surface area (Å²) in [7, 11) is 0. The number of rotatable bonds is 1. The van der Waals surface area contributed by atoms with Crippen LogP contribution in [0.1, 0.15) is 0 Å². The SMILES string of the molecule is O=C=Nc1ccc(F)cc1O. The van der Waals surface area contributed by atoms with Gasteiger partial charge in [-0.1, -0.05) is 0 Å². The Morgan fingerprint density at radius 3 is 2.82 bits per heavy atom. The average Bonchev–Trinajstić information content (AvgIpc) is 1.95. The molecule has 56 valence electrons.